The van der Waals surface area contributed by atoms with Gasteiger partial charge in [0.25, 0.3) is 0 Å². The van der Waals surface area contributed by atoms with Gasteiger partial charge in [0.1, 0.15) is 34.5 Å². The van der Waals surface area contributed by atoms with Crippen LogP contribution in [-0.2, 0) is 28.8 Å². The van der Waals surface area contributed by atoms with Crippen molar-refractivity contribution in [1.29, 1.82) is 0 Å². The Labute approximate surface area is 433 Å². The van der Waals surface area contributed by atoms with Crippen molar-refractivity contribution in [3.8, 4) is 45.6 Å². The predicted octanol–water partition coefficient (Wildman–Crippen LogP) is 12.8. The molecule has 0 saturated heterocycles. The van der Waals surface area contributed by atoms with Crippen LogP contribution in [0.5, 0.6) is 34.5 Å². The van der Waals surface area contributed by atoms with Crippen molar-refractivity contribution in [2.75, 3.05) is 0 Å². The molecule has 0 radical (unpaired) electrons. The molecule has 1 heterocycles. The van der Waals surface area contributed by atoms with E-state index in [1.807, 2.05) is 30.3 Å². The monoisotopic (exact) mass is 1010 g/mol. The highest BCUT2D eigenvalue weighted by molar-refractivity contribution is 6.02. The zero-order chi connectivity index (χ0) is 51.6. The molecule has 1 aromatic heterocycles. The first-order valence-corrected chi connectivity index (χ1v) is 27.0. The molecular weight excluding hydrogens is 939 g/mol. The van der Waals surface area contributed by atoms with Gasteiger partial charge >= 0.3 is 35.8 Å². The van der Waals surface area contributed by atoms with E-state index in [9.17, 15) is 28.8 Å². The molecule has 0 unspecified atom stereocenters. The summed E-state index contributed by atoms with van der Waals surface area (Å²) in [4.78, 5) is 84.4. The Hall–Kier alpha value is -6.89. The molecule has 4 aliphatic rings. The third kappa shape index (κ3) is 12.9. The zero-order valence-electron chi connectivity index (χ0n) is 42.5. The van der Waals surface area contributed by atoms with E-state index < -0.39 is 35.6 Å². The fourth-order valence-corrected chi connectivity index (χ4v) is 11.3. The van der Waals surface area contributed by atoms with Gasteiger partial charge in [-0.05, 0) is 175 Å². The number of esters is 6. The van der Waals surface area contributed by atoms with E-state index >= 15 is 0 Å². The molecule has 5 aromatic rings. The average Bonchev–Trinajstić information content (AvgIpc) is 3.44. The Morgan fingerprint density at radius 3 is 1.09 bits per heavy atom. The summed E-state index contributed by atoms with van der Waals surface area (Å²) < 4.78 is 35.3. The third-order valence-electron chi connectivity index (χ3n) is 16.2. The molecule has 4 fully saturated rings. The quantitative estimate of drug-likeness (QED) is 0.0717. The predicted molar refractivity (Wildman–Crippen MR) is 276 cm³/mol. The van der Waals surface area contributed by atoms with Crippen LogP contribution < -0.4 is 28.4 Å². The van der Waals surface area contributed by atoms with Crippen molar-refractivity contribution in [3.63, 3.8) is 0 Å². The van der Waals surface area contributed by atoms with Gasteiger partial charge < -0.3 is 28.4 Å². The number of hydrogen-bond acceptors (Lipinski definition) is 13. The van der Waals surface area contributed by atoms with E-state index in [2.05, 4.69) is 18.8 Å². The van der Waals surface area contributed by atoms with Crippen molar-refractivity contribution >= 4 is 46.6 Å². The highest BCUT2D eigenvalue weighted by Crippen LogP contribution is 2.44. The fraction of sp³-hybridized carbons (Fsp3) is 0.459. The number of ether oxygens (including phenoxy) is 6. The van der Waals surface area contributed by atoms with Gasteiger partial charge in [0.15, 0.2) is 0 Å². The molecule has 74 heavy (non-hydrogen) atoms. The number of rotatable bonds is 15. The standard InChI is InChI=1S/C61H67NO12/c1-3-38-11-15-40(16-12-38)56(63)69-47-27-31-49(32-28-47)71-58(65)42-19-23-44(24-20-42)60(67)73-54-36-53(46-8-7-35-62-37-46)55(52-10-6-5-9-51(52)54)74-61(68)45-25-21-43(22-26-45)59(66)72-50-33-29-48(30-34-50)70-57(64)41-17-13-39(4-2)14-18-41/h5-10,27-45H,3-4,11-26H2,1-2H3. The second kappa shape index (κ2) is 24.4. The lowest BCUT2D eigenvalue weighted by Gasteiger charge is -2.27. The first kappa shape index (κ1) is 52.0. The maximum Gasteiger partial charge on any atom is 0.314 e. The lowest BCUT2D eigenvalue weighted by atomic mass is 9.81. The van der Waals surface area contributed by atoms with E-state index in [4.69, 9.17) is 28.4 Å². The summed E-state index contributed by atoms with van der Waals surface area (Å²) in [6.45, 7) is 4.38. The average molecular weight is 1010 g/mol. The number of aromatic nitrogens is 1. The van der Waals surface area contributed by atoms with Gasteiger partial charge in [-0.1, -0.05) is 57.0 Å². The molecule has 0 amide bonds. The number of hydrogen-bond donors (Lipinski definition) is 0. The van der Waals surface area contributed by atoms with Crippen LogP contribution in [0.25, 0.3) is 21.9 Å². The molecule has 0 spiro atoms. The van der Waals surface area contributed by atoms with Gasteiger partial charge in [0.05, 0.1) is 35.5 Å². The van der Waals surface area contributed by atoms with E-state index in [1.165, 1.54) is 0 Å². The molecule has 0 bridgehead atoms. The summed E-state index contributed by atoms with van der Waals surface area (Å²) >= 11 is 0. The van der Waals surface area contributed by atoms with Crippen LogP contribution in [0.2, 0.25) is 0 Å². The second-order valence-electron chi connectivity index (χ2n) is 20.9. The molecule has 0 atom stereocenters. The minimum atomic E-state index is -0.465. The minimum Gasteiger partial charge on any atom is -0.426 e. The smallest absolute Gasteiger partial charge is 0.314 e. The Bertz CT molecular complexity index is 2760. The summed E-state index contributed by atoms with van der Waals surface area (Å²) in [5.74, 6) is -0.373. The van der Waals surface area contributed by atoms with Crippen LogP contribution in [0.4, 0.5) is 0 Å². The van der Waals surface area contributed by atoms with Gasteiger partial charge in [-0.3, -0.25) is 33.8 Å². The lowest BCUT2D eigenvalue weighted by Crippen LogP contribution is -2.30. The Morgan fingerprint density at radius 1 is 0.405 bits per heavy atom. The SMILES string of the molecule is CCC1CCC(C(=O)Oc2ccc(OC(=O)C3CCC(C(=O)Oc4cc(-c5cccnc5)c(OC(=O)C5CCC(C(=O)Oc6ccc(OC(=O)C7CCC(CC)CC7)cc6)CC5)c5ccccc45)CC3)cc2)CC1. The van der Waals surface area contributed by atoms with Gasteiger partial charge in [-0.15, -0.1) is 0 Å². The molecule has 0 N–H and O–H groups in total. The van der Waals surface area contributed by atoms with Crippen molar-refractivity contribution in [2.45, 2.75) is 129 Å². The maximum atomic E-state index is 14.0. The number of carbonyl (C=O) groups is 6. The molecule has 4 aliphatic carbocycles. The van der Waals surface area contributed by atoms with Gasteiger partial charge in [0.2, 0.25) is 0 Å². The molecule has 4 aromatic carbocycles. The molecule has 13 nitrogen and oxygen atoms in total. The number of benzene rings is 4. The molecular formula is C61H67NO12. The first-order chi connectivity index (χ1) is 36.0. The van der Waals surface area contributed by atoms with Gasteiger partial charge in [-0.2, -0.15) is 0 Å². The topological polar surface area (TPSA) is 171 Å². The van der Waals surface area contributed by atoms with E-state index in [-0.39, 0.29) is 35.7 Å². The Morgan fingerprint density at radius 2 is 0.743 bits per heavy atom. The molecule has 4 saturated carbocycles. The van der Waals surface area contributed by atoms with E-state index in [0.29, 0.717) is 120 Å². The summed E-state index contributed by atoms with van der Waals surface area (Å²) in [6, 6.07) is 25.7. The summed E-state index contributed by atoms with van der Waals surface area (Å²) in [5.41, 5.74) is 1.18. The Balaban J connectivity index is 0.775. The highest BCUT2D eigenvalue weighted by atomic mass is 16.6. The largest absolute Gasteiger partial charge is 0.426 e. The van der Waals surface area contributed by atoms with Crippen LogP contribution >= 0.6 is 0 Å². The molecule has 388 valence electrons. The zero-order valence-corrected chi connectivity index (χ0v) is 42.5. The molecule has 0 aliphatic heterocycles. The summed E-state index contributed by atoms with van der Waals surface area (Å²) in [5, 5.41) is 1.16. The van der Waals surface area contributed by atoms with Crippen LogP contribution in [0.3, 0.4) is 0 Å². The maximum absolute atomic E-state index is 14.0. The third-order valence-corrected chi connectivity index (χ3v) is 16.2. The number of nitrogens with zero attached hydrogens (tertiary/aromatic N) is 1. The van der Waals surface area contributed by atoms with E-state index in [0.717, 1.165) is 64.2 Å². The number of fused-ring (bicyclic) bond motifs is 1. The van der Waals surface area contributed by atoms with Gasteiger partial charge in [-0.25, -0.2) is 0 Å². The first-order valence-electron chi connectivity index (χ1n) is 27.0. The highest BCUT2D eigenvalue weighted by Gasteiger charge is 2.36. The minimum absolute atomic E-state index is 0.0888. The molecule has 9 rings (SSSR count). The van der Waals surface area contributed by atoms with Crippen molar-refractivity contribution < 1.29 is 57.2 Å². The lowest BCUT2D eigenvalue weighted by molar-refractivity contribution is -0.145. The number of carbonyl (C=O) groups excluding carboxylic acids is 6. The number of pyridine rings is 1. The van der Waals surface area contributed by atoms with E-state index in [1.54, 1.807) is 73.1 Å². The fourth-order valence-electron chi connectivity index (χ4n) is 11.3. The van der Waals surface area contributed by atoms with Crippen molar-refractivity contribution in [1.82, 2.24) is 4.98 Å². The van der Waals surface area contributed by atoms with Crippen molar-refractivity contribution in [3.05, 3.63) is 103 Å². The summed E-state index contributed by atoms with van der Waals surface area (Å²) in [7, 11) is 0. The van der Waals surface area contributed by atoms with Crippen LogP contribution in [0.15, 0.2) is 103 Å². The van der Waals surface area contributed by atoms with Crippen molar-refractivity contribution in [2.24, 2.45) is 47.3 Å². The Kier molecular flexibility index (Phi) is 17.2. The van der Waals surface area contributed by atoms with Crippen LogP contribution in [-0.4, -0.2) is 40.8 Å². The normalized spacial score (nSPS) is 23.9. The van der Waals surface area contributed by atoms with Gasteiger partial charge in [0, 0.05) is 34.3 Å². The second-order valence-corrected chi connectivity index (χ2v) is 20.9. The molecule has 13 heteroatoms. The van der Waals surface area contributed by atoms with Crippen LogP contribution in [0.1, 0.15) is 129 Å². The summed E-state index contributed by atoms with van der Waals surface area (Å²) in [6.07, 6.45) is 16.6. The van der Waals surface area contributed by atoms with Crippen LogP contribution in [0, 0.1) is 47.3 Å².